The van der Waals surface area contributed by atoms with Crippen LogP contribution in [0.25, 0.3) is 0 Å². The summed E-state index contributed by atoms with van der Waals surface area (Å²) in [6, 6.07) is 8.91. The number of aliphatic hydroxyl groups is 1. The summed E-state index contributed by atoms with van der Waals surface area (Å²) in [5.74, 6) is -0.469. The first kappa shape index (κ1) is 17.6. The fraction of sp³-hybridized carbons (Fsp3) is 0.286. The van der Waals surface area contributed by atoms with Gasteiger partial charge in [-0.25, -0.2) is 4.98 Å². The second-order valence-electron chi connectivity index (χ2n) is 4.44. The maximum absolute atomic E-state index is 11.8. The number of aliphatic hydroxyl groups excluding tert-OH is 1. The quantitative estimate of drug-likeness (QED) is 0.741. The van der Waals surface area contributed by atoms with Gasteiger partial charge >= 0.3 is 0 Å². The molecule has 7 heteroatoms. The van der Waals surface area contributed by atoms with E-state index in [4.69, 9.17) is 5.73 Å². The number of amides is 1. The second kappa shape index (κ2) is 8.74. The molecular weight excluding hydrogens is 310 g/mol. The third-order valence-corrected chi connectivity index (χ3v) is 3.67. The SMILES string of the molecule is Cl.NC(Cc1ccccc1)C(O)C(=O)NCc1nccs1. The molecule has 1 aromatic heterocycles. The Balaban J connectivity index is 0.00000220. The molecule has 1 amide bonds. The van der Waals surface area contributed by atoms with E-state index in [9.17, 15) is 9.90 Å². The summed E-state index contributed by atoms with van der Waals surface area (Å²) < 4.78 is 0. The summed E-state index contributed by atoms with van der Waals surface area (Å²) in [5.41, 5.74) is 6.87. The molecule has 0 spiro atoms. The zero-order chi connectivity index (χ0) is 14.4. The van der Waals surface area contributed by atoms with Gasteiger partial charge in [-0.1, -0.05) is 30.3 Å². The van der Waals surface area contributed by atoms with Crippen LogP contribution in [0.4, 0.5) is 0 Å². The molecule has 0 radical (unpaired) electrons. The lowest BCUT2D eigenvalue weighted by Crippen LogP contribution is -2.47. The van der Waals surface area contributed by atoms with Gasteiger partial charge in [0.25, 0.3) is 5.91 Å². The van der Waals surface area contributed by atoms with Crippen LogP contribution in [0.5, 0.6) is 0 Å². The van der Waals surface area contributed by atoms with Gasteiger partial charge in [0.05, 0.1) is 6.54 Å². The van der Waals surface area contributed by atoms with Crippen LogP contribution >= 0.6 is 23.7 Å². The summed E-state index contributed by atoms with van der Waals surface area (Å²) in [4.78, 5) is 15.9. The second-order valence-corrected chi connectivity index (χ2v) is 5.42. The summed E-state index contributed by atoms with van der Waals surface area (Å²) in [6.07, 6.45) is 0.895. The number of benzene rings is 1. The van der Waals surface area contributed by atoms with Gasteiger partial charge in [0, 0.05) is 17.6 Å². The zero-order valence-electron chi connectivity index (χ0n) is 11.3. The zero-order valence-corrected chi connectivity index (χ0v) is 12.9. The molecule has 5 nitrogen and oxygen atoms in total. The number of rotatable bonds is 6. The van der Waals surface area contributed by atoms with E-state index in [1.54, 1.807) is 6.20 Å². The van der Waals surface area contributed by atoms with Crippen molar-refractivity contribution in [1.29, 1.82) is 0 Å². The van der Waals surface area contributed by atoms with Crippen molar-refractivity contribution in [2.75, 3.05) is 0 Å². The first-order valence-electron chi connectivity index (χ1n) is 6.30. The highest BCUT2D eigenvalue weighted by Gasteiger charge is 2.22. The first-order chi connectivity index (χ1) is 9.66. The molecule has 0 aliphatic heterocycles. The smallest absolute Gasteiger partial charge is 0.250 e. The Hall–Kier alpha value is -1.47. The van der Waals surface area contributed by atoms with Crippen molar-refractivity contribution in [3.05, 3.63) is 52.5 Å². The monoisotopic (exact) mass is 327 g/mol. The molecule has 2 atom stereocenters. The van der Waals surface area contributed by atoms with Crippen LogP contribution in [0.3, 0.4) is 0 Å². The number of nitrogens with zero attached hydrogens (tertiary/aromatic N) is 1. The van der Waals surface area contributed by atoms with Crippen molar-refractivity contribution in [3.8, 4) is 0 Å². The van der Waals surface area contributed by atoms with Gasteiger partial charge in [0.15, 0.2) is 0 Å². The molecule has 21 heavy (non-hydrogen) atoms. The Morgan fingerprint density at radius 3 is 2.71 bits per heavy atom. The maximum atomic E-state index is 11.8. The van der Waals surface area contributed by atoms with E-state index in [0.29, 0.717) is 13.0 Å². The van der Waals surface area contributed by atoms with E-state index < -0.39 is 18.1 Å². The predicted octanol–water partition coefficient (Wildman–Crippen LogP) is 1.11. The van der Waals surface area contributed by atoms with Gasteiger partial charge in [-0.15, -0.1) is 23.7 Å². The third-order valence-electron chi connectivity index (χ3n) is 2.89. The Morgan fingerprint density at radius 2 is 2.10 bits per heavy atom. The molecule has 4 N–H and O–H groups in total. The van der Waals surface area contributed by atoms with Crippen molar-refractivity contribution in [2.45, 2.75) is 25.1 Å². The van der Waals surface area contributed by atoms with Gasteiger partial charge in [0.2, 0.25) is 0 Å². The topological polar surface area (TPSA) is 88.2 Å². The number of aromatic nitrogens is 1. The van der Waals surface area contributed by atoms with Crippen LogP contribution in [0.2, 0.25) is 0 Å². The summed E-state index contributed by atoms with van der Waals surface area (Å²) in [7, 11) is 0. The van der Waals surface area contributed by atoms with Gasteiger partial charge in [-0.3, -0.25) is 4.79 Å². The molecule has 0 bridgehead atoms. The van der Waals surface area contributed by atoms with Gasteiger partial charge < -0.3 is 16.2 Å². The highest BCUT2D eigenvalue weighted by molar-refractivity contribution is 7.09. The maximum Gasteiger partial charge on any atom is 0.250 e. The molecule has 2 rings (SSSR count). The lowest BCUT2D eigenvalue weighted by atomic mass is 10.0. The molecular formula is C14H18ClN3O2S. The van der Waals surface area contributed by atoms with E-state index in [1.165, 1.54) is 11.3 Å². The Morgan fingerprint density at radius 1 is 1.38 bits per heavy atom. The minimum absolute atomic E-state index is 0. The Bertz CT molecular complexity index is 536. The molecule has 0 saturated carbocycles. The standard InChI is InChI=1S/C14H17N3O2S.ClH/c15-11(8-10-4-2-1-3-5-10)13(18)14(19)17-9-12-16-6-7-20-12;/h1-7,11,13,18H,8-9,15H2,(H,17,19);1H. The Labute approximate surface area is 133 Å². The van der Waals surface area contributed by atoms with Gasteiger partial charge in [0.1, 0.15) is 11.1 Å². The molecule has 2 aromatic rings. The predicted molar refractivity (Wildman–Crippen MR) is 85.3 cm³/mol. The molecule has 114 valence electrons. The van der Waals surface area contributed by atoms with Crippen LogP contribution in [-0.2, 0) is 17.8 Å². The first-order valence-corrected chi connectivity index (χ1v) is 7.18. The molecule has 2 unspecified atom stereocenters. The van der Waals surface area contributed by atoms with E-state index in [1.807, 2.05) is 35.7 Å². The molecule has 1 heterocycles. The van der Waals surface area contributed by atoms with Gasteiger partial charge in [-0.05, 0) is 12.0 Å². The van der Waals surface area contributed by atoms with Crippen LogP contribution in [0.15, 0.2) is 41.9 Å². The average molecular weight is 328 g/mol. The highest BCUT2D eigenvalue weighted by atomic mass is 35.5. The minimum Gasteiger partial charge on any atom is -0.382 e. The van der Waals surface area contributed by atoms with Crippen molar-refractivity contribution in [3.63, 3.8) is 0 Å². The molecule has 0 fully saturated rings. The fourth-order valence-electron chi connectivity index (χ4n) is 1.80. The minimum atomic E-state index is -1.23. The van der Waals surface area contributed by atoms with Crippen molar-refractivity contribution < 1.29 is 9.90 Å². The van der Waals surface area contributed by atoms with E-state index in [2.05, 4.69) is 10.3 Å². The van der Waals surface area contributed by atoms with E-state index in [-0.39, 0.29) is 12.4 Å². The van der Waals surface area contributed by atoms with E-state index in [0.717, 1.165) is 10.6 Å². The number of halogens is 1. The molecule has 0 aliphatic carbocycles. The number of carbonyl (C=O) groups is 1. The highest BCUT2D eigenvalue weighted by Crippen LogP contribution is 2.06. The average Bonchev–Trinajstić information content (AvgIpc) is 2.98. The number of hydrogen-bond donors (Lipinski definition) is 3. The number of hydrogen-bond acceptors (Lipinski definition) is 5. The number of carbonyl (C=O) groups excluding carboxylic acids is 1. The van der Waals surface area contributed by atoms with Crippen LogP contribution in [-0.4, -0.2) is 28.1 Å². The van der Waals surface area contributed by atoms with Crippen LogP contribution in [0.1, 0.15) is 10.6 Å². The summed E-state index contributed by atoms with van der Waals surface area (Å²) in [5, 5.41) is 15.2. The lowest BCUT2D eigenvalue weighted by Gasteiger charge is -2.18. The van der Waals surface area contributed by atoms with Crippen molar-refractivity contribution in [1.82, 2.24) is 10.3 Å². The van der Waals surface area contributed by atoms with Crippen molar-refractivity contribution in [2.24, 2.45) is 5.73 Å². The van der Waals surface area contributed by atoms with Crippen molar-refractivity contribution >= 4 is 29.7 Å². The van der Waals surface area contributed by atoms with Crippen LogP contribution in [0, 0.1) is 0 Å². The van der Waals surface area contributed by atoms with E-state index >= 15 is 0 Å². The number of nitrogens with one attached hydrogen (secondary N) is 1. The number of thiazole rings is 1. The van der Waals surface area contributed by atoms with Gasteiger partial charge in [-0.2, -0.15) is 0 Å². The molecule has 0 saturated heterocycles. The largest absolute Gasteiger partial charge is 0.382 e. The fourth-order valence-corrected chi connectivity index (χ4v) is 2.36. The summed E-state index contributed by atoms with van der Waals surface area (Å²) >= 11 is 1.45. The lowest BCUT2D eigenvalue weighted by molar-refractivity contribution is -0.130. The van der Waals surface area contributed by atoms with Crippen LogP contribution < -0.4 is 11.1 Å². The third kappa shape index (κ3) is 5.43. The summed E-state index contributed by atoms with van der Waals surface area (Å²) in [6.45, 7) is 0.311. The molecule has 1 aromatic carbocycles. The number of nitrogens with two attached hydrogens (primary N) is 1. The Kier molecular flexibility index (Phi) is 7.31. The molecule has 0 aliphatic rings. The normalized spacial score (nSPS) is 13.0.